The molecule has 1 aliphatic rings. The number of amides is 1. The molecule has 1 aromatic carbocycles. The zero-order valence-corrected chi connectivity index (χ0v) is 11.2. The van der Waals surface area contributed by atoms with Crippen LogP contribution < -0.4 is 0 Å². The van der Waals surface area contributed by atoms with Gasteiger partial charge in [-0.15, -0.1) is 0 Å². The fourth-order valence-corrected chi connectivity index (χ4v) is 2.16. The molecule has 1 N–H and O–H groups in total. The van der Waals surface area contributed by atoms with Gasteiger partial charge in [-0.2, -0.15) is 0 Å². The first-order valence-corrected chi connectivity index (χ1v) is 6.41. The van der Waals surface area contributed by atoms with Crippen molar-refractivity contribution < 1.29 is 24.2 Å². The fraction of sp³-hybridized carbons (Fsp3) is 0.429. The molecule has 1 aliphatic heterocycles. The van der Waals surface area contributed by atoms with Crippen LogP contribution in [0.15, 0.2) is 30.3 Å². The van der Waals surface area contributed by atoms with Gasteiger partial charge in [0.15, 0.2) is 6.04 Å². The number of aliphatic carboxylic acids is 1. The Kier molecular flexibility index (Phi) is 4.57. The maximum Gasteiger partial charge on any atom is 0.411 e. The molecule has 6 nitrogen and oxygen atoms in total. The van der Waals surface area contributed by atoms with E-state index < -0.39 is 24.2 Å². The van der Waals surface area contributed by atoms with Gasteiger partial charge in [-0.1, -0.05) is 30.3 Å². The quantitative estimate of drug-likeness (QED) is 0.907. The number of carbonyl (C=O) groups excluding carboxylic acids is 1. The van der Waals surface area contributed by atoms with Crippen LogP contribution in [0.5, 0.6) is 0 Å². The number of hydrogen-bond donors (Lipinski definition) is 1. The van der Waals surface area contributed by atoms with Crippen LogP contribution in [0, 0.1) is 0 Å². The topological polar surface area (TPSA) is 76.1 Å². The highest BCUT2D eigenvalue weighted by atomic mass is 16.6. The number of carboxylic acid groups (broad SMARTS) is 1. The van der Waals surface area contributed by atoms with Gasteiger partial charge in [-0.25, -0.2) is 9.59 Å². The first-order chi connectivity index (χ1) is 9.59. The van der Waals surface area contributed by atoms with E-state index in [-0.39, 0.29) is 13.2 Å². The van der Waals surface area contributed by atoms with E-state index in [1.54, 1.807) is 6.92 Å². The molecule has 0 aromatic heterocycles. The van der Waals surface area contributed by atoms with Crippen LogP contribution in [0.4, 0.5) is 4.79 Å². The second-order valence-corrected chi connectivity index (χ2v) is 4.59. The first-order valence-electron chi connectivity index (χ1n) is 6.41. The Labute approximate surface area is 116 Å². The van der Waals surface area contributed by atoms with Gasteiger partial charge in [0.05, 0.1) is 12.7 Å². The summed E-state index contributed by atoms with van der Waals surface area (Å²) in [5.74, 6) is -1.09. The summed E-state index contributed by atoms with van der Waals surface area (Å²) in [6, 6.07) is 8.23. The summed E-state index contributed by atoms with van der Waals surface area (Å²) in [6.07, 6.45) is -1.18. The monoisotopic (exact) mass is 279 g/mol. The van der Waals surface area contributed by atoms with E-state index in [0.29, 0.717) is 6.61 Å². The average Bonchev–Trinajstić information content (AvgIpc) is 2.45. The van der Waals surface area contributed by atoms with E-state index in [2.05, 4.69) is 0 Å². The number of nitrogens with zero attached hydrogens (tertiary/aromatic N) is 1. The highest BCUT2D eigenvalue weighted by molar-refractivity contribution is 5.80. The molecule has 0 unspecified atom stereocenters. The summed E-state index contributed by atoms with van der Waals surface area (Å²) in [7, 11) is 0. The van der Waals surface area contributed by atoms with Gasteiger partial charge in [0, 0.05) is 6.54 Å². The van der Waals surface area contributed by atoms with Gasteiger partial charge in [0.1, 0.15) is 6.61 Å². The molecular weight excluding hydrogens is 262 g/mol. The Hall–Kier alpha value is -2.08. The molecular formula is C14H17NO5. The Morgan fingerprint density at radius 1 is 1.40 bits per heavy atom. The lowest BCUT2D eigenvalue weighted by Gasteiger charge is -2.36. The maximum atomic E-state index is 12.0. The summed E-state index contributed by atoms with van der Waals surface area (Å²) in [4.78, 5) is 24.4. The van der Waals surface area contributed by atoms with Gasteiger partial charge in [-0.05, 0) is 12.5 Å². The second-order valence-electron chi connectivity index (χ2n) is 4.59. The van der Waals surface area contributed by atoms with Gasteiger partial charge in [-0.3, -0.25) is 4.90 Å². The first kappa shape index (κ1) is 14.3. The van der Waals surface area contributed by atoms with Gasteiger partial charge in [0.2, 0.25) is 0 Å². The van der Waals surface area contributed by atoms with Crippen LogP contribution in [0.1, 0.15) is 12.5 Å². The van der Waals surface area contributed by atoms with Crippen LogP contribution in [0.25, 0.3) is 0 Å². The third kappa shape index (κ3) is 3.27. The van der Waals surface area contributed by atoms with Crippen molar-refractivity contribution in [3.8, 4) is 0 Å². The molecule has 6 heteroatoms. The van der Waals surface area contributed by atoms with E-state index in [4.69, 9.17) is 9.47 Å². The maximum absolute atomic E-state index is 12.0. The minimum absolute atomic E-state index is 0.123. The number of carbonyl (C=O) groups is 2. The normalized spacial score (nSPS) is 22.4. The molecule has 0 aliphatic carbocycles. The molecule has 1 amide bonds. The van der Waals surface area contributed by atoms with Crippen molar-refractivity contribution in [2.45, 2.75) is 25.7 Å². The Balaban J connectivity index is 1.98. The minimum Gasteiger partial charge on any atom is -0.480 e. The third-order valence-electron chi connectivity index (χ3n) is 3.19. The SMILES string of the molecule is C[C@@H]1OCCN(C(=O)OCc2ccccc2)[C@H]1C(=O)O. The van der Waals surface area contributed by atoms with Gasteiger partial charge in [0.25, 0.3) is 0 Å². The third-order valence-corrected chi connectivity index (χ3v) is 3.19. The molecule has 2 atom stereocenters. The van der Waals surface area contributed by atoms with Crippen molar-refractivity contribution in [3.63, 3.8) is 0 Å². The van der Waals surface area contributed by atoms with Crippen LogP contribution in [0.2, 0.25) is 0 Å². The minimum atomic E-state index is -1.09. The number of benzene rings is 1. The molecule has 2 rings (SSSR count). The molecule has 0 bridgehead atoms. The highest BCUT2D eigenvalue weighted by Gasteiger charge is 2.38. The standard InChI is InChI=1S/C14H17NO5/c1-10-12(13(16)17)15(7-8-19-10)14(18)20-9-11-5-3-2-4-6-11/h2-6,10,12H,7-9H2,1H3,(H,16,17)/t10-,12+/m0/s1. The van der Waals surface area contributed by atoms with Gasteiger partial charge >= 0.3 is 12.1 Å². The van der Waals surface area contributed by atoms with E-state index in [1.807, 2.05) is 30.3 Å². The molecule has 1 saturated heterocycles. The van der Waals surface area contributed by atoms with Crippen LogP contribution in [-0.4, -0.2) is 47.4 Å². The Morgan fingerprint density at radius 2 is 2.10 bits per heavy atom. The molecule has 1 fully saturated rings. The molecule has 1 heterocycles. The van der Waals surface area contributed by atoms with Crippen molar-refractivity contribution >= 4 is 12.1 Å². The Bertz CT molecular complexity index is 476. The smallest absolute Gasteiger partial charge is 0.411 e. The van der Waals surface area contributed by atoms with Crippen LogP contribution in [0.3, 0.4) is 0 Å². The molecule has 0 saturated carbocycles. The van der Waals surface area contributed by atoms with Crippen molar-refractivity contribution in [2.24, 2.45) is 0 Å². The lowest BCUT2D eigenvalue weighted by molar-refractivity contribution is -0.154. The van der Waals surface area contributed by atoms with E-state index >= 15 is 0 Å². The predicted octanol–water partition coefficient (Wildman–Crippen LogP) is 1.50. The summed E-state index contributed by atoms with van der Waals surface area (Å²) < 4.78 is 10.4. The number of hydrogen-bond acceptors (Lipinski definition) is 4. The summed E-state index contributed by atoms with van der Waals surface area (Å²) in [5.41, 5.74) is 0.856. The number of morpholine rings is 1. The lowest BCUT2D eigenvalue weighted by atomic mass is 10.1. The molecule has 1 aromatic rings. The predicted molar refractivity (Wildman–Crippen MR) is 70.2 cm³/mol. The van der Waals surface area contributed by atoms with Crippen LogP contribution in [-0.2, 0) is 20.9 Å². The van der Waals surface area contributed by atoms with Crippen molar-refractivity contribution in [2.75, 3.05) is 13.2 Å². The van der Waals surface area contributed by atoms with Crippen LogP contribution >= 0.6 is 0 Å². The number of rotatable bonds is 3. The largest absolute Gasteiger partial charge is 0.480 e. The summed E-state index contributed by atoms with van der Waals surface area (Å²) >= 11 is 0. The molecule has 0 spiro atoms. The average molecular weight is 279 g/mol. The number of carboxylic acids is 1. The van der Waals surface area contributed by atoms with E-state index in [1.165, 1.54) is 4.90 Å². The molecule has 108 valence electrons. The second kappa shape index (κ2) is 6.38. The lowest BCUT2D eigenvalue weighted by Crippen LogP contribution is -2.56. The summed E-state index contributed by atoms with van der Waals surface area (Å²) in [6.45, 7) is 2.29. The Morgan fingerprint density at radius 3 is 2.75 bits per heavy atom. The van der Waals surface area contributed by atoms with Crippen molar-refractivity contribution in [1.82, 2.24) is 4.90 Å². The zero-order chi connectivity index (χ0) is 14.5. The number of ether oxygens (including phenoxy) is 2. The van der Waals surface area contributed by atoms with Crippen molar-refractivity contribution in [3.05, 3.63) is 35.9 Å². The van der Waals surface area contributed by atoms with Gasteiger partial charge < -0.3 is 14.6 Å². The molecule has 0 radical (unpaired) electrons. The van der Waals surface area contributed by atoms with E-state index in [0.717, 1.165) is 5.56 Å². The summed E-state index contributed by atoms with van der Waals surface area (Å²) in [5, 5.41) is 9.18. The zero-order valence-electron chi connectivity index (χ0n) is 11.2. The van der Waals surface area contributed by atoms with E-state index in [9.17, 15) is 14.7 Å². The molecule has 20 heavy (non-hydrogen) atoms. The van der Waals surface area contributed by atoms with Crippen molar-refractivity contribution in [1.29, 1.82) is 0 Å². The fourth-order valence-electron chi connectivity index (χ4n) is 2.16. The highest BCUT2D eigenvalue weighted by Crippen LogP contribution is 2.16.